The number of hydrogen-bond acceptors (Lipinski definition) is 14. The molecule has 4 amide bonds. The van der Waals surface area contributed by atoms with Gasteiger partial charge in [0, 0.05) is 73.2 Å². The molecule has 66 heavy (non-hydrogen) atoms. The summed E-state index contributed by atoms with van der Waals surface area (Å²) < 4.78 is 129. The van der Waals surface area contributed by atoms with E-state index in [2.05, 4.69) is 21.3 Å². The first-order valence-electron chi connectivity index (χ1n) is 19.5. The second-order valence-electron chi connectivity index (χ2n) is 14.5. The summed E-state index contributed by atoms with van der Waals surface area (Å²) in [5.41, 5.74) is 1.36. The lowest BCUT2D eigenvalue weighted by atomic mass is 9.99. The lowest BCUT2D eigenvalue weighted by molar-refractivity contribution is -0.440. The van der Waals surface area contributed by atoms with Gasteiger partial charge in [-0.15, -0.1) is 0 Å². The Morgan fingerprint density at radius 3 is 1.70 bits per heavy atom. The van der Waals surface area contributed by atoms with Crippen molar-refractivity contribution in [3.63, 3.8) is 0 Å². The molecule has 366 valence electrons. The molecule has 0 bridgehead atoms. The molecule has 2 aromatic rings. The maximum Gasteiger partial charge on any atom is 0.336 e. The van der Waals surface area contributed by atoms with Crippen LogP contribution in [-0.2, 0) is 50.1 Å². The normalized spacial score (nSPS) is 12.9. The first-order chi connectivity index (χ1) is 30.4. The first-order valence-corrected chi connectivity index (χ1v) is 25.9. The van der Waals surface area contributed by atoms with E-state index in [9.17, 15) is 71.9 Å². The number of carboxylic acids is 1. The number of carbonyl (C=O) groups excluding carboxylic acids is 4. The fourth-order valence-corrected chi connectivity index (χ4v) is 7.77. The van der Waals surface area contributed by atoms with Crippen molar-refractivity contribution in [3.05, 3.63) is 82.1 Å². The number of allylic oxidation sites excluding steroid dienone is 4. The van der Waals surface area contributed by atoms with Crippen molar-refractivity contribution >= 4 is 87.2 Å². The van der Waals surface area contributed by atoms with Gasteiger partial charge in [0.2, 0.25) is 17.5 Å². The topological polar surface area (TPSA) is 377 Å². The second-order valence-corrected chi connectivity index (χ2v) is 20.7. The Balaban J connectivity index is 2.74. The van der Waals surface area contributed by atoms with Gasteiger partial charge in [0.15, 0.2) is 5.71 Å². The number of amides is 4. The average Bonchev–Trinajstić information content (AvgIpc) is 3.17. The summed E-state index contributed by atoms with van der Waals surface area (Å²) >= 11 is 0. The Morgan fingerprint density at radius 2 is 1.18 bits per heavy atom. The average molecular weight is 1010 g/mol. The molecule has 0 aliphatic rings. The summed E-state index contributed by atoms with van der Waals surface area (Å²) in [5.74, 6) is -7.74. The Bertz CT molecular complexity index is 2720. The molecule has 0 aliphatic carbocycles. The molecule has 0 atom stereocenters. The Hall–Kier alpha value is -5.62. The third-order valence-electron chi connectivity index (χ3n) is 9.28. The number of anilines is 1. The number of nitrogens with one attached hydrogen (secondary N) is 4. The van der Waals surface area contributed by atoms with Gasteiger partial charge in [-0.3, -0.25) is 37.4 Å². The molecule has 0 saturated carbocycles. The van der Waals surface area contributed by atoms with E-state index in [4.69, 9.17) is 9.11 Å². The third kappa shape index (κ3) is 20.7. The highest BCUT2D eigenvalue weighted by Crippen LogP contribution is 2.30. The van der Waals surface area contributed by atoms with E-state index in [-0.39, 0.29) is 53.9 Å². The minimum Gasteiger partial charge on any atom is -0.478 e. The second kappa shape index (κ2) is 24.8. The molecule has 24 nitrogen and oxygen atoms in total. The van der Waals surface area contributed by atoms with E-state index in [0.29, 0.717) is 22.7 Å². The summed E-state index contributed by atoms with van der Waals surface area (Å²) in [5, 5.41) is 18.7. The van der Waals surface area contributed by atoms with Crippen LogP contribution in [0.1, 0.15) is 68.9 Å². The van der Waals surface area contributed by atoms with E-state index in [0.717, 1.165) is 6.07 Å². The van der Waals surface area contributed by atoms with E-state index < -0.39 is 119 Å². The highest BCUT2D eigenvalue weighted by Gasteiger charge is 2.24. The minimum absolute atomic E-state index is 0.0156. The van der Waals surface area contributed by atoms with Crippen LogP contribution in [0.3, 0.4) is 0 Å². The van der Waals surface area contributed by atoms with Crippen LogP contribution in [0.25, 0.3) is 0 Å². The van der Waals surface area contributed by atoms with Crippen LogP contribution in [0, 0.1) is 13.8 Å². The molecule has 0 radical (unpaired) electrons. The fourth-order valence-electron chi connectivity index (χ4n) is 6.07. The zero-order valence-corrected chi connectivity index (χ0v) is 39.4. The van der Waals surface area contributed by atoms with Crippen molar-refractivity contribution in [1.29, 1.82) is 0 Å². The van der Waals surface area contributed by atoms with Gasteiger partial charge in [0.1, 0.15) is 6.54 Å². The lowest BCUT2D eigenvalue weighted by Gasteiger charge is -2.29. The Kier molecular flexibility index (Phi) is 21.2. The summed E-state index contributed by atoms with van der Waals surface area (Å²) in [6.45, 7) is 3.67. The van der Waals surface area contributed by atoms with Crippen molar-refractivity contribution in [1.82, 2.24) is 21.3 Å². The van der Waals surface area contributed by atoms with Gasteiger partial charge in [-0.05, 0) is 57.0 Å². The number of carbonyl (C=O) groups is 5. The van der Waals surface area contributed by atoms with E-state index in [1.165, 1.54) is 42.2 Å². The monoisotopic (exact) mass is 1010 g/mol. The van der Waals surface area contributed by atoms with Crippen LogP contribution in [0.5, 0.6) is 0 Å². The van der Waals surface area contributed by atoms with Gasteiger partial charge in [0.05, 0.1) is 41.7 Å². The molecular weight excluding hydrogens is 957 g/mol. The van der Waals surface area contributed by atoms with Gasteiger partial charge in [0.25, 0.3) is 52.3 Å². The molecule has 2 rings (SSSR count). The first kappa shape index (κ1) is 56.5. The summed E-state index contributed by atoms with van der Waals surface area (Å²) in [6, 6.07) is 6.92. The maximum absolute atomic E-state index is 13.6. The van der Waals surface area contributed by atoms with Gasteiger partial charge >= 0.3 is 5.97 Å². The quantitative estimate of drug-likeness (QED) is 0.0261. The summed E-state index contributed by atoms with van der Waals surface area (Å²) in [7, 11) is -17.7. The summed E-state index contributed by atoms with van der Waals surface area (Å²) in [6.07, 6.45) is 4.37. The van der Waals surface area contributed by atoms with Crippen LogP contribution >= 0.6 is 0 Å². The van der Waals surface area contributed by atoms with Crippen LogP contribution in [0.2, 0.25) is 0 Å². The van der Waals surface area contributed by atoms with Gasteiger partial charge < -0.3 is 31.3 Å². The number of benzene rings is 2. The van der Waals surface area contributed by atoms with Crippen LogP contribution in [0.4, 0.5) is 11.4 Å². The van der Waals surface area contributed by atoms with E-state index in [1.807, 2.05) is 0 Å². The molecule has 0 aromatic heterocycles. The molecule has 0 saturated heterocycles. The molecule has 28 heteroatoms. The molecule has 9 N–H and O–H groups in total. The highest BCUT2D eigenvalue weighted by atomic mass is 32.2. The smallest absolute Gasteiger partial charge is 0.336 e. The standard InChI is InChI=1S/C38H52N6O18S4/c1-25(43(15-7-17-63(51,52)53)32-12-6-11-30(27(32)3)38(49)50)9-5-10-26(2)44(16-8-18-64(54,55)56)33-22-29(36(47)41-23-34(45)39-13-19-65(57,58)59)21-31(28(33)4)37(48)42-24-35(46)40-14-20-66(60,61)62/h5-6,9-12,21-22H,7-8,13-20,23-24H2,1-4H3,(H8-,39,40,41,42,45,46,47,48,49,50,51,52,53,54,55,56,57,58,59,60,61,62)/p+1. The predicted molar refractivity (Wildman–Crippen MR) is 241 cm³/mol. The predicted octanol–water partition coefficient (Wildman–Crippen LogP) is 0.0965. The molecule has 0 unspecified atom stereocenters. The number of nitrogens with zero attached hydrogens (tertiary/aromatic N) is 2. The zero-order valence-electron chi connectivity index (χ0n) is 36.2. The molecule has 0 heterocycles. The fraction of sp³-hybridized carbons (Fsp3) is 0.421. The number of hydrogen-bond donors (Lipinski definition) is 9. The lowest BCUT2D eigenvalue weighted by Crippen LogP contribution is -2.39. The third-order valence-corrected chi connectivity index (χ3v) is 12.3. The van der Waals surface area contributed by atoms with Gasteiger partial charge in [-0.1, -0.05) is 12.1 Å². The zero-order chi connectivity index (χ0) is 50.2. The van der Waals surface area contributed by atoms with Crippen molar-refractivity contribution in [2.75, 3.05) is 67.2 Å². The maximum atomic E-state index is 13.6. The minimum atomic E-state index is -4.49. The number of rotatable bonds is 26. The number of carboxylic acid groups (broad SMARTS) is 1. The van der Waals surface area contributed by atoms with Gasteiger partial charge in [-0.25, -0.2) is 4.79 Å². The van der Waals surface area contributed by atoms with Crippen molar-refractivity contribution in [2.45, 2.75) is 40.5 Å². The van der Waals surface area contributed by atoms with Crippen LogP contribution in [-0.4, -0.2) is 159 Å². The highest BCUT2D eigenvalue weighted by molar-refractivity contribution is 7.86. The van der Waals surface area contributed by atoms with Crippen molar-refractivity contribution in [2.24, 2.45) is 0 Å². The Morgan fingerprint density at radius 1 is 0.667 bits per heavy atom. The molecule has 0 fully saturated rings. The van der Waals surface area contributed by atoms with Crippen LogP contribution in [0.15, 0.2) is 54.3 Å². The van der Waals surface area contributed by atoms with Gasteiger partial charge in [-0.2, -0.15) is 38.2 Å². The number of aromatic carboxylic acids is 1. The van der Waals surface area contributed by atoms with Crippen LogP contribution < -0.4 is 26.2 Å². The molecule has 2 aromatic carbocycles. The van der Waals surface area contributed by atoms with Crippen molar-refractivity contribution in [3.8, 4) is 0 Å². The van der Waals surface area contributed by atoms with E-state index in [1.54, 1.807) is 37.5 Å². The Labute approximate surface area is 382 Å². The van der Waals surface area contributed by atoms with E-state index >= 15 is 0 Å². The molecule has 0 aliphatic heterocycles. The molecule has 0 spiro atoms. The largest absolute Gasteiger partial charge is 0.478 e. The molecular formula is C38H53N6O18S4+. The van der Waals surface area contributed by atoms with Crippen molar-refractivity contribution < 1.29 is 85.5 Å². The SMILES string of the molecule is CC(=CC=CC(C)=[N+](CCCS(=O)(=O)O)c1cccc(C(=O)O)c1C)N(CCCS(=O)(=O)O)c1cc(C(=O)NCC(=O)NCCS(=O)(=O)O)cc(C(=O)NCC(=O)NCCS(=O)(=O)O)c1C. The summed E-state index contributed by atoms with van der Waals surface area (Å²) in [4.78, 5) is 65.3.